The smallest absolute Gasteiger partial charge is 0.159 e. The maximum Gasteiger partial charge on any atom is 0.159 e. The number of nitrogens with zero attached hydrogens (tertiary/aromatic N) is 2. The van der Waals surface area contributed by atoms with Crippen molar-refractivity contribution in [2.45, 2.75) is 0 Å². The van der Waals surface area contributed by atoms with Crippen molar-refractivity contribution in [1.29, 1.82) is 0 Å². The Kier molecular flexibility index (Phi) is 1.19. The molecule has 0 aliphatic rings. The van der Waals surface area contributed by atoms with Crippen molar-refractivity contribution in [3.63, 3.8) is 0 Å². The Morgan fingerprint density at radius 2 is 1.45 bits per heavy atom. The molecule has 0 atom stereocenters. The Balaban J connectivity index is 2.86. The third kappa shape index (κ3) is 0.894. The summed E-state index contributed by atoms with van der Waals surface area (Å²) < 4.78 is 7.76. The van der Waals surface area contributed by atoms with Gasteiger partial charge in [-0.3, -0.25) is 0 Å². The largest absolute Gasteiger partial charge is 0.504 e. The third-order valence-electron chi connectivity index (χ3n) is 1.35. The average molecular weight is 168 g/mol. The summed E-state index contributed by atoms with van der Waals surface area (Å²) in [6.07, 6.45) is 0. The molecule has 1 heterocycles. The van der Waals surface area contributed by atoms with Crippen molar-refractivity contribution in [2.24, 2.45) is 0 Å². The molecule has 0 aliphatic carbocycles. The number of hydrogen-bond acceptors (Lipinski definition) is 5. The molecular formula is C6H4N2O2S. The molecule has 5 heteroatoms. The van der Waals surface area contributed by atoms with Gasteiger partial charge in [-0.2, -0.15) is 8.75 Å². The van der Waals surface area contributed by atoms with E-state index >= 15 is 0 Å². The van der Waals surface area contributed by atoms with Gasteiger partial charge in [0.25, 0.3) is 0 Å². The predicted molar refractivity (Wildman–Crippen MR) is 40.7 cm³/mol. The van der Waals surface area contributed by atoms with E-state index in [0.29, 0.717) is 11.0 Å². The number of phenols is 2. The second-order valence-corrected chi connectivity index (χ2v) is 2.62. The average Bonchev–Trinajstić information content (AvgIpc) is 2.36. The van der Waals surface area contributed by atoms with Gasteiger partial charge in [-0.15, -0.1) is 0 Å². The van der Waals surface area contributed by atoms with E-state index in [9.17, 15) is 0 Å². The van der Waals surface area contributed by atoms with E-state index in [1.807, 2.05) is 0 Å². The Morgan fingerprint density at radius 3 is 1.91 bits per heavy atom. The molecule has 0 saturated carbocycles. The second kappa shape index (κ2) is 2.06. The molecule has 2 aromatic rings. The lowest BCUT2D eigenvalue weighted by Gasteiger charge is -1.93. The van der Waals surface area contributed by atoms with Crippen LogP contribution in [-0.4, -0.2) is 19.0 Å². The minimum Gasteiger partial charge on any atom is -0.504 e. The van der Waals surface area contributed by atoms with Gasteiger partial charge in [0.15, 0.2) is 11.5 Å². The first kappa shape index (κ1) is 6.36. The van der Waals surface area contributed by atoms with Crippen LogP contribution in [0.5, 0.6) is 11.5 Å². The lowest BCUT2D eigenvalue weighted by atomic mass is 10.3. The van der Waals surface area contributed by atoms with E-state index in [1.54, 1.807) is 0 Å². The zero-order valence-electron chi connectivity index (χ0n) is 5.35. The van der Waals surface area contributed by atoms with Crippen molar-refractivity contribution in [1.82, 2.24) is 8.75 Å². The van der Waals surface area contributed by atoms with Gasteiger partial charge in [-0.05, 0) is 0 Å². The lowest BCUT2D eigenvalue weighted by Crippen LogP contribution is -1.71. The highest BCUT2D eigenvalue weighted by Gasteiger charge is 2.03. The number of aromatic nitrogens is 2. The highest BCUT2D eigenvalue weighted by atomic mass is 32.1. The van der Waals surface area contributed by atoms with Crippen molar-refractivity contribution < 1.29 is 10.2 Å². The summed E-state index contributed by atoms with van der Waals surface area (Å²) >= 11 is 1.05. The van der Waals surface area contributed by atoms with Crippen LogP contribution in [0.2, 0.25) is 0 Å². The van der Waals surface area contributed by atoms with Crippen molar-refractivity contribution in [3.05, 3.63) is 12.1 Å². The number of aromatic hydroxyl groups is 2. The van der Waals surface area contributed by atoms with E-state index in [0.717, 1.165) is 11.7 Å². The molecule has 0 bridgehead atoms. The first-order valence-electron chi connectivity index (χ1n) is 2.91. The van der Waals surface area contributed by atoms with Gasteiger partial charge in [0.05, 0.1) is 11.7 Å². The van der Waals surface area contributed by atoms with Gasteiger partial charge in [0, 0.05) is 12.1 Å². The Labute approximate surface area is 66.1 Å². The molecule has 0 fully saturated rings. The topological polar surface area (TPSA) is 66.2 Å². The molecule has 0 amide bonds. The van der Waals surface area contributed by atoms with Crippen LogP contribution in [-0.2, 0) is 0 Å². The summed E-state index contributed by atoms with van der Waals surface area (Å²) in [5.74, 6) is -0.324. The Bertz CT molecular complexity index is 362. The molecule has 2 N–H and O–H groups in total. The number of benzene rings is 1. The molecule has 2 rings (SSSR count). The molecule has 0 saturated heterocycles. The van der Waals surface area contributed by atoms with Gasteiger partial charge in [-0.1, -0.05) is 0 Å². The van der Waals surface area contributed by atoms with Crippen LogP contribution in [0.15, 0.2) is 12.1 Å². The molecule has 11 heavy (non-hydrogen) atoms. The number of hydrogen-bond donors (Lipinski definition) is 2. The summed E-state index contributed by atoms with van der Waals surface area (Å²) in [5.41, 5.74) is 1.20. The molecule has 0 unspecified atom stereocenters. The van der Waals surface area contributed by atoms with Crippen molar-refractivity contribution in [2.75, 3.05) is 0 Å². The third-order valence-corrected chi connectivity index (χ3v) is 1.91. The fourth-order valence-electron chi connectivity index (χ4n) is 0.809. The fourth-order valence-corrected chi connectivity index (χ4v) is 1.32. The standard InChI is InChI=1S/C6H4N2O2S/c9-5-1-3-4(2-6(5)10)8-11-7-3/h1-2,9-10H. The maximum absolute atomic E-state index is 9.02. The lowest BCUT2D eigenvalue weighted by molar-refractivity contribution is 0.405. The molecule has 1 aromatic carbocycles. The van der Waals surface area contributed by atoms with E-state index in [4.69, 9.17) is 10.2 Å². The Hall–Kier alpha value is -1.36. The predicted octanol–water partition coefficient (Wildman–Crippen LogP) is 1.10. The van der Waals surface area contributed by atoms with Crippen molar-refractivity contribution >= 4 is 22.8 Å². The number of phenolic OH excluding ortho intramolecular Hbond substituents is 2. The number of fused-ring (bicyclic) bond motifs is 1. The summed E-state index contributed by atoms with van der Waals surface area (Å²) in [5, 5.41) is 18.0. The first-order valence-corrected chi connectivity index (χ1v) is 3.64. The van der Waals surface area contributed by atoms with Gasteiger partial charge in [-0.25, -0.2) is 0 Å². The molecule has 0 spiro atoms. The monoisotopic (exact) mass is 168 g/mol. The summed E-state index contributed by atoms with van der Waals surface area (Å²) in [7, 11) is 0. The Morgan fingerprint density at radius 1 is 1.00 bits per heavy atom. The molecule has 4 nitrogen and oxygen atoms in total. The quantitative estimate of drug-likeness (QED) is 0.578. The second-order valence-electron chi connectivity index (χ2n) is 2.09. The van der Waals surface area contributed by atoms with Crippen molar-refractivity contribution in [3.8, 4) is 11.5 Å². The van der Waals surface area contributed by atoms with Crippen LogP contribution >= 0.6 is 11.7 Å². The fraction of sp³-hybridized carbons (Fsp3) is 0. The maximum atomic E-state index is 9.02. The molecule has 56 valence electrons. The normalized spacial score (nSPS) is 10.5. The van der Waals surface area contributed by atoms with Gasteiger partial charge in [0.2, 0.25) is 0 Å². The van der Waals surface area contributed by atoms with E-state index in [2.05, 4.69) is 8.75 Å². The van der Waals surface area contributed by atoms with Crippen LogP contribution in [0.25, 0.3) is 11.0 Å². The van der Waals surface area contributed by atoms with Crippen LogP contribution in [0, 0.1) is 0 Å². The van der Waals surface area contributed by atoms with Gasteiger partial charge in [0.1, 0.15) is 11.0 Å². The van der Waals surface area contributed by atoms with E-state index in [1.165, 1.54) is 12.1 Å². The zero-order chi connectivity index (χ0) is 7.84. The minimum atomic E-state index is -0.162. The van der Waals surface area contributed by atoms with Gasteiger partial charge >= 0.3 is 0 Å². The minimum absolute atomic E-state index is 0.162. The number of rotatable bonds is 0. The van der Waals surface area contributed by atoms with E-state index < -0.39 is 0 Å². The first-order chi connectivity index (χ1) is 5.27. The van der Waals surface area contributed by atoms with Crippen LogP contribution < -0.4 is 0 Å². The van der Waals surface area contributed by atoms with Crippen LogP contribution in [0.1, 0.15) is 0 Å². The summed E-state index contributed by atoms with van der Waals surface area (Å²) in [6, 6.07) is 2.77. The summed E-state index contributed by atoms with van der Waals surface area (Å²) in [4.78, 5) is 0. The van der Waals surface area contributed by atoms with Gasteiger partial charge < -0.3 is 10.2 Å². The molecule has 0 aliphatic heterocycles. The highest BCUT2D eigenvalue weighted by molar-refractivity contribution is 7.00. The SMILES string of the molecule is Oc1cc2nsnc2cc1O. The molecule has 1 aromatic heterocycles. The van der Waals surface area contributed by atoms with Crippen LogP contribution in [0.3, 0.4) is 0 Å². The highest BCUT2D eigenvalue weighted by Crippen LogP contribution is 2.28. The van der Waals surface area contributed by atoms with E-state index in [-0.39, 0.29) is 11.5 Å². The van der Waals surface area contributed by atoms with Crippen LogP contribution in [0.4, 0.5) is 0 Å². The zero-order valence-corrected chi connectivity index (χ0v) is 6.17. The summed E-state index contributed by atoms with van der Waals surface area (Å²) in [6.45, 7) is 0. The molecule has 0 radical (unpaired) electrons. The molecular weight excluding hydrogens is 164 g/mol.